The minimum absolute atomic E-state index is 0.00630. The van der Waals surface area contributed by atoms with Crippen LogP contribution in [0, 0.1) is 11.3 Å². The Kier molecular flexibility index (Phi) is 15.4. The molecule has 2 aromatic carbocycles. The van der Waals surface area contributed by atoms with Gasteiger partial charge in [0.05, 0.1) is 24.1 Å². The van der Waals surface area contributed by atoms with Gasteiger partial charge in [-0.15, -0.1) is 0 Å². The topological polar surface area (TPSA) is 176 Å². The van der Waals surface area contributed by atoms with E-state index in [0.717, 1.165) is 51.8 Å². The number of methoxy groups -OCH3 is 1. The van der Waals surface area contributed by atoms with Gasteiger partial charge in [-0.1, -0.05) is 39.8 Å². The van der Waals surface area contributed by atoms with Crippen LogP contribution in [-0.2, 0) is 52.8 Å². The number of hydrogen-bond acceptors (Lipinski definition) is 10. The van der Waals surface area contributed by atoms with Gasteiger partial charge in [0.1, 0.15) is 23.9 Å². The van der Waals surface area contributed by atoms with Crippen LogP contribution in [0.4, 0.5) is 0 Å². The summed E-state index contributed by atoms with van der Waals surface area (Å²) in [5.74, 6) is -1.59. The first-order valence-electron chi connectivity index (χ1n) is 22.8. The molecule has 15 heteroatoms. The second-order valence-corrected chi connectivity index (χ2v) is 18.9. The first-order chi connectivity index (χ1) is 30.9. The molecule has 65 heavy (non-hydrogen) atoms. The van der Waals surface area contributed by atoms with E-state index in [1.807, 2.05) is 45.9 Å². The molecule has 4 aromatic rings. The van der Waals surface area contributed by atoms with E-state index in [0.29, 0.717) is 43.5 Å². The van der Waals surface area contributed by atoms with Crippen LogP contribution in [0.5, 0.6) is 5.75 Å². The van der Waals surface area contributed by atoms with Crippen LogP contribution < -0.4 is 10.7 Å². The molecule has 2 aliphatic heterocycles. The fraction of sp³-hybridized carbons (Fsp3) is 0.520. The number of phenolic OH excluding ortho intramolecular Hbond substituents is 1. The van der Waals surface area contributed by atoms with Crippen molar-refractivity contribution in [1.29, 1.82) is 0 Å². The highest BCUT2D eigenvalue weighted by molar-refractivity contribution is 5.97. The number of hydrazine groups is 1. The molecule has 5 atom stereocenters. The van der Waals surface area contributed by atoms with Crippen molar-refractivity contribution in [2.24, 2.45) is 11.3 Å². The average Bonchev–Trinajstić information content (AvgIpc) is 3.77. The number of ether oxygens (including phenoxy) is 2. The standard InChI is InChI=1S/C50H67N7O8/c1-11-56-41-17-16-34(26-38(41)39(27-50(6,7)28-65-29-58)46(56)37-15-12-20-51-44(37)32(5)64-10)35-22-33(23-36(59)25-35)24-40(48(62)57-21-13-14-31(4)53-57)52-47(61)45(30(2)3)55(9)49(63)42-18-19-43(60)54(42)8/h12,15-17,20,22-23,25-26,29-32,40,42,45,53,59H,11,13-14,18-19,21,24,27-28H2,1-10H3,(H,52,61)/t31-,32+,40+,42?,45+/m1/s1. The normalized spacial score (nSPS) is 18.2. The fourth-order valence-corrected chi connectivity index (χ4v) is 9.62. The molecular formula is C50H67N7O8. The molecule has 3 N–H and O–H groups in total. The van der Waals surface area contributed by atoms with Gasteiger partial charge in [0.25, 0.3) is 12.4 Å². The first kappa shape index (κ1) is 48.7. The molecule has 4 amide bonds. The molecule has 15 nitrogen and oxygen atoms in total. The zero-order chi connectivity index (χ0) is 47.3. The lowest BCUT2D eigenvalue weighted by atomic mass is 9.84. The maximum Gasteiger partial charge on any atom is 0.293 e. The number of hydrogen-bond donors (Lipinski definition) is 3. The molecule has 2 aromatic heterocycles. The Morgan fingerprint density at radius 1 is 1.09 bits per heavy atom. The molecular weight excluding hydrogens is 827 g/mol. The number of pyridine rings is 1. The molecule has 4 heterocycles. The molecule has 0 bridgehead atoms. The first-order valence-corrected chi connectivity index (χ1v) is 22.8. The van der Waals surface area contributed by atoms with Gasteiger partial charge in [0.2, 0.25) is 17.7 Å². The molecule has 2 fully saturated rings. The Bertz CT molecular complexity index is 2390. The number of likely N-dealkylation sites (tertiary alicyclic amines) is 1. The zero-order valence-electron chi connectivity index (χ0n) is 39.6. The molecule has 2 saturated heterocycles. The van der Waals surface area contributed by atoms with E-state index in [1.54, 1.807) is 44.5 Å². The summed E-state index contributed by atoms with van der Waals surface area (Å²) in [4.78, 5) is 73.8. The number of likely N-dealkylation sites (N-methyl/N-ethyl adjacent to an activating group) is 2. The van der Waals surface area contributed by atoms with Gasteiger partial charge in [-0.3, -0.25) is 34.0 Å². The summed E-state index contributed by atoms with van der Waals surface area (Å²) in [6, 6.07) is 12.8. The van der Waals surface area contributed by atoms with E-state index in [2.05, 4.69) is 54.3 Å². The van der Waals surface area contributed by atoms with E-state index in [-0.39, 0.29) is 61.0 Å². The smallest absolute Gasteiger partial charge is 0.293 e. The fourth-order valence-electron chi connectivity index (χ4n) is 9.62. The van der Waals surface area contributed by atoms with E-state index in [4.69, 9.17) is 14.5 Å². The number of carbonyl (C=O) groups is 5. The number of amides is 4. The van der Waals surface area contributed by atoms with Crippen molar-refractivity contribution in [3.8, 4) is 28.1 Å². The second kappa shape index (κ2) is 20.6. The Morgan fingerprint density at radius 3 is 2.49 bits per heavy atom. The third-order valence-corrected chi connectivity index (χ3v) is 13.0. The maximum absolute atomic E-state index is 14.5. The number of aromatic hydroxyl groups is 1. The van der Waals surface area contributed by atoms with Crippen molar-refractivity contribution in [3.63, 3.8) is 0 Å². The summed E-state index contributed by atoms with van der Waals surface area (Å²) in [7, 11) is 4.84. The average molecular weight is 894 g/mol. The number of aromatic nitrogens is 2. The third kappa shape index (κ3) is 10.7. The maximum atomic E-state index is 14.5. The number of fused-ring (bicyclic) bond motifs is 1. The largest absolute Gasteiger partial charge is 0.508 e. The zero-order valence-corrected chi connectivity index (χ0v) is 39.6. The number of benzene rings is 2. The summed E-state index contributed by atoms with van der Waals surface area (Å²) < 4.78 is 13.4. The van der Waals surface area contributed by atoms with Crippen molar-refractivity contribution in [2.45, 2.75) is 124 Å². The molecule has 0 spiro atoms. The highest BCUT2D eigenvalue weighted by atomic mass is 16.5. The van der Waals surface area contributed by atoms with Crippen molar-refractivity contribution >= 4 is 41.0 Å². The van der Waals surface area contributed by atoms with Gasteiger partial charge in [0, 0.05) is 81.3 Å². The number of nitrogens with zero attached hydrogens (tertiary/aromatic N) is 5. The lowest BCUT2D eigenvalue weighted by Crippen LogP contribution is -2.61. The Hall–Kier alpha value is -5.80. The van der Waals surface area contributed by atoms with E-state index in [9.17, 15) is 29.1 Å². The number of nitrogens with one attached hydrogen (secondary N) is 2. The van der Waals surface area contributed by atoms with Gasteiger partial charge >= 0.3 is 0 Å². The van der Waals surface area contributed by atoms with Crippen LogP contribution in [0.25, 0.3) is 33.3 Å². The highest BCUT2D eigenvalue weighted by Crippen LogP contribution is 2.42. The molecule has 0 radical (unpaired) electrons. The third-order valence-electron chi connectivity index (χ3n) is 13.0. The SMILES string of the molecule is CCn1c(-c2cccnc2[C@H](C)OC)c(CC(C)(C)COC=O)c2cc(-c3cc(O)cc(C[C@H](NC(=O)[C@H](C(C)C)N(C)C(=O)C4CCC(=O)N4C)C(=O)N4CCC[C@@H](C)N4)c3)ccc21. The minimum Gasteiger partial charge on any atom is -0.508 e. The van der Waals surface area contributed by atoms with Crippen LogP contribution in [0.2, 0.25) is 0 Å². The Balaban J connectivity index is 1.41. The van der Waals surface area contributed by atoms with E-state index < -0.39 is 29.4 Å². The van der Waals surface area contributed by atoms with Gasteiger partial charge in [-0.25, -0.2) is 5.43 Å². The highest BCUT2D eigenvalue weighted by Gasteiger charge is 2.41. The number of phenols is 1. The lowest BCUT2D eigenvalue weighted by molar-refractivity contribution is -0.147. The van der Waals surface area contributed by atoms with Crippen molar-refractivity contribution in [3.05, 3.63) is 71.5 Å². The van der Waals surface area contributed by atoms with E-state index in [1.165, 1.54) is 9.80 Å². The predicted molar refractivity (Wildman–Crippen MR) is 249 cm³/mol. The van der Waals surface area contributed by atoms with Crippen LogP contribution in [0.1, 0.15) is 97.1 Å². The molecule has 350 valence electrons. The summed E-state index contributed by atoms with van der Waals surface area (Å²) in [6.45, 7) is 15.7. The molecule has 6 rings (SSSR count). The van der Waals surface area contributed by atoms with Crippen LogP contribution in [-0.4, -0.2) is 118 Å². The number of aryl methyl sites for hydroxylation is 1. The molecule has 0 saturated carbocycles. The van der Waals surface area contributed by atoms with Gasteiger partial charge < -0.3 is 34.3 Å². The summed E-state index contributed by atoms with van der Waals surface area (Å²) in [6.07, 6.45) is 4.42. The Morgan fingerprint density at radius 2 is 1.85 bits per heavy atom. The van der Waals surface area contributed by atoms with Crippen LogP contribution in [0.15, 0.2) is 54.7 Å². The predicted octanol–water partition coefficient (Wildman–Crippen LogP) is 6.19. The van der Waals surface area contributed by atoms with Crippen LogP contribution >= 0.6 is 0 Å². The van der Waals surface area contributed by atoms with Crippen molar-refractivity contribution < 1.29 is 38.6 Å². The van der Waals surface area contributed by atoms with E-state index >= 15 is 0 Å². The van der Waals surface area contributed by atoms with Crippen molar-refractivity contribution in [1.82, 2.24) is 35.1 Å². The number of carbonyl (C=O) groups excluding carboxylic acids is 5. The van der Waals surface area contributed by atoms with Gasteiger partial charge in [0.15, 0.2) is 0 Å². The van der Waals surface area contributed by atoms with Gasteiger partial charge in [-0.05, 0) is 111 Å². The second-order valence-electron chi connectivity index (χ2n) is 18.9. The quantitative estimate of drug-likeness (QED) is 0.0978. The summed E-state index contributed by atoms with van der Waals surface area (Å²) in [5.41, 5.74) is 9.76. The van der Waals surface area contributed by atoms with Gasteiger partial charge in [-0.2, -0.15) is 0 Å². The Labute approximate surface area is 382 Å². The minimum atomic E-state index is -1.05. The van der Waals surface area contributed by atoms with Crippen LogP contribution in [0.3, 0.4) is 0 Å². The molecule has 0 aliphatic carbocycles. The van der Waals surface area contributed by atoms with Crippen molar-refractivity contribution in [2.75, 3.05) is 34.4 Å². The molecule has 1 unspecified atom stereocenters. The summed E-state index contributed by atoms with van der Waals surface area (Å²) in [5, 5.41) is 16.9. The summed E-state index contributed by atoms with van der Waals surface area (Å²) >= 11 is 0. The monoisotopic (exact) mass is 894 g/mol. The number of rotatable bonds is 18. The molecule has 2 aliphatic rings. The lowest BCUT2D eigenvalue weighted by Gasteiger charge is -2.37.